The molecule has 1 aliphatic heterocycles. The van der Waals surface area contributed by atoms with Crippen LogP contribution in [0, 0.1) is 0 Å². The molecule has 4 rings (SSSR count). The van der Waals surface area contributed by atoms with Gasteiger partial charge in [0.1, 0.15) is 31.6 Å². The van der Waals surface area contributed by atoms with E-state index < -0.39 is 38.1 Å². The number of hydrogen-bond donors (Lipinski definition) is 2. The Labute approximate surface area is 331 Å². The molecule has 0 spiro atoms. The summed E-state index contributed by atoms with van der Waals surface area (Å²) in [7, 11) is -6.49. The SMILES string of the molecule is CC1(C)OCc2cc([C@@H](O)CNCCc3ccc(OCCOCc4cccc(S(=O)(=O)N(COCC[Si](C)(C)C)COCC[Si](C)(C)C)c4)cc3)ccc2O1. The quantitative estimate of drug-likeness (QED) is 0.0537. The Kier molecular flexibility index (Phi) is 17.0. The van der Waals surface area contributed by atoms with E-state index in [4.69, 9.17) is 28.4 Å². The topological polar surface area (TPSA) is 125 Å². The van der Waals surface area contributed by atoms with Gasteiger partial charge in [-0.15, -0.1) is 4.31 Å². The van der Waals surface area contributed by atoms with Crippen LogP contribution in [0.4, 0.5) is 0 Å². The summed E-state index contributed by atoms with van der Waals surface area (Å²) in [6, 6.07) is 22.4. The van der Waals surface area contributed by atoms with Crippen LogP contribution in [0.25, 0.3) is 0 Å². The van der Waals surface area contributed by atoms with Crippen LogP contribution in [0.15, 0.2) is 71.6 Å². The second-order valence-corrected chi connectivity index (χ2v) is 30.2. The fourth-order valence-electron chi connectivity index (χ4n) is 5.53. The minimum Gasteiger partial charge on any atom is -0.491 e. The van der Waals surface area contributed by atoms with E-state index in [1.54, 1.807) is 18.2 Å². The zero-order valence-electron chi connectivity index (χ0n) is 34.2. The van der Waals surface area contributed by atoms with Gasteiger partial charge in [0, 0.05) is 55.3 Å². The lowest BCUT2D eigenvalue weighted by atomic mass is 10.0. The van der Waals surface area contributed by atoms with Crippen LogP contribution in [0.5, 0.6) is 11.5 Å². The van der Waals surface area contributed by atoms with Crippen molar-refractivity contribution in [1.29, 1.82) is 0 Å². The van der Waals surface area contributed by atoms with Crippen LogP contribution >= 0.6 is 0 Å². The van der Waals surface area contributed by atoms with Crippen molar-refractivity contribution in [2.75, 3.05) is 53.0 Å². The summed E-state index contributed by atoms with van der Waals surface area (Å²) >= 11 is 0. The van der Waals surface area contributed by atoms with E-state index in [9.17, 15) is 13.5 Å². The number of aliphatic hydroxyl groups is 1. The van der Waals surface area contributed by atoms with Gasteiger partial charge in [-0.3, -0.25) is 0 Å². The minimum absolute atomic E-state index is 0.0532. The van der Waals surface area contributed by atoms with Gasteiger partial charge in [0.25, 0.3) is 0 Å². The van der Waals surface area contributed by atoms with Crippen molar-refractivity contribution in [1.82, 2.24) is 9.62 Å². The highest BCUT2D eigenvalue weighted by molar-refractivity contribution is 7.89. The lowest BCUT2D eigenvalue weighted by Gasteiger charge is -2.33. The number of rotatable bonds is 24. The maximum atomic E-state index is 13.7. The summed E-state index contributed by atoms with van der Waals surface area (Å²) in [5.41, 5.74) is 3.67. The average molecular weight is 817 g/mol. The van der Waals surface area contributed by atoms with Gasteiger partial charge in [-0.1, -0.05) is 69.6 Å². The van der Waals surface area contributed by atoms with Gasteiger partial charge in [0.05, 0.1) is 30.8 Å². The van der Waals surface area contributed by atoms with Crippen LogP contribution in [0.3, 0.4) is 0 Å². The van der Waals surface area contributed by atoms with Crippen molar-refractivity contribution in [2.45, 2.75) is 102 Å². The number of sulfonamides is 1. The van der Waals surface area contributed by atoms with Gasteiger partial charge in [0.2, 0.25) is 15.8 Å². The summed E-state index contributed by atoms with van der Waals surface area (Å²) < 4.78 is 63.8. The second-order valence-electron chi connectivity index (χ2n) is 17.0. The number of benzene rings is 3. The number of fused-ring (bicyclic) bond motifs is 1. The highest BCUT2D eigenvalue weighted by Crippen LogP contribution is 2.33. The van der Waals surface area contributed by atoms with Crippen molar-refractivity contribution < 1.29 is 41.9 Å². The van der Waals surface area contributed by atoms with E-state index >= 15 is 0 Å². The fourth-order valence-corrected chi connectivity index (χ4v) is 8.31. The Morgan fingerprint density at radius 3 is 2.16 bits per heavy atom. The van der Waals surface area contributed by atoms with Crippen LogP contribution in [-0.2, 0) is 48.6 Å². The molecule has 0 bridgehead atoms. The van der Waals surface area contributed by atoms with Gasteiger partial charge in [-0.2, -0.15) is 0 Å². The molecule has 3 aromatic carbocycles. The fraction of sp³-hybridized carbons (Fsp3) is 0.561. The van der Waals surface area contributed by atoms with Gasteiger partial charge in [-0.25, -0.2) is 8.42 Å². The van der Waals surface area contributed by atoms with E-state index in [0.29, 0.717) is 39.6 Å². The molecule has 0 aliphatic carbocycles. The normalized spacial score (nSPS) is 15.1. The number of nitrogens with zero attached hydrogens (tertiary/aromatic N) is 1. The number of hydrogen-bond acceptors (Lipinski definition) is 10. The van der Waals surface area contributed by atoms with Crippen molar-refractivity contribution in [2.24, 2.45) is 0 Å². The molecule has 306 valence electrons. The molecule has 0 amide bonds. The highest BCUT2D eigenvalue weighted by atomic mass is 32.2. The first-order valence-corrected chi connectivity index (χ1v) is 28.1. The molecule has 1 aliphatic rings. The maximum absolute atomic E-state index is 13.7. The standard InChI is InChI=1S/C41H64N2O9SSi2/c1-41(2)51-30-36-27-35(14-17-40(36)52-41)39(44)28-42-19-18-33-12-15-37(16-13-33)50-21-20-47-29-34-10-9-11-38(26-34)53(45,46)43(31-48-22-24-54(3,4)5)32-49-23-25-55(6,7)8/h9-17,26-27,39,42,44H,18-25,28-32H2,1-8H3/t39-/m0/s1. The molecule has 1 heterocycles. The van der Waals surface area contributed by atoms with E-state index in [1.807, 2.05) is 62.4 Å². The van der Waals surface area contributed by atoms with Gasteiger partial charge in [-0.05, 0) is 78.1 Å². The van der Waals surface area contributed by atoms with Gasteiger partial charge in [0.15, 0.2) is 0 Å². The molecule has 0 aromatic heterocycles. The molecule has 3 aromatic rings. The summed E-state index contributed by atoms with van der Waals surface area (Å²) in [6.45, 7) is 20.9. The van der Waals surface area contributed by atoms with E-state index in [0.717, 1.165) is 58.8 Å². The zero-order valence-corrected chi connectivity index (χ0v) is 37.0. The largest absolute Gasteiger partial charge is 0.491 e. The van der Waals surface area contributed by atoms with Crippen LogP contribution in [0.2, 0.25) is 51.4 Å². The molecule has 0 radical (unpaired) electrons. The van der Waals surface area contributed by atoms with Gasteiger partial charge >= 0.3 is 0 Å². The zero-order chi connectivity index (χ0) is 40.1. The lowest BCUT2D eigenvalue weighted by molar-refractivity contribution is -0.180. The van der Waals surface area contributed by atoms with Crippen molar-refractivity contribution in [3.63, 3.8) is 0 Å². The monoisotopic (exact) mass is 816 g/mol. The molecule has 0 saturated heterocycles. The Hall–Kier alpha value is -2.64. The summed E-state index contributed by atoms with van der Waals surface area (Å²) in [6.07, 6.45) is 0.172. The third kappa shape index (κ3) is 16.0. The predicted molar refractivity (Wildman–Crippen MR) is 222 cm³/mol. The average Bonchev–Trinajstić information content (AvgIpc) is 3.11. The number of nitrogens with one attached hydrogen (secondary N) is 1. The third-order valence-corrected chi connectivity index (χ3v) is 14.2. The second kappa shape index (κ2) is 20.7. The van der Waals surface area contributed by atoms with E-state index in [1.165, 1.54) is 4.31 Å². The smallest absolute Gasteiger partial charge is 0.247 e. The number of ether oxygens (including phenoxy) is 6. The lowest BCUT2D eigenvalue weighted by Crippen LogP contribution is -2.36. The third-order valence-electron chi connectivity index (χ3n) is 9.02. The molecule has 1 atom stereocenters. The molecule has 2 N–H and O–H groups in total. The molecule has 11 nitrogen and oxygen atoms in total. The number of aliphatic hydroxyl groups excluding tert-OH is 1. The highest BCUT2D eigenvalue weighted by Gasteiger charge is 2.28. The Morgan fingerprint density at radius 2 is 1.51 bits per heavy atom. The van der Waals surface area contributed by atoms with Crippen LogP contribution in [-0.4, -0.2) is 92.7 Å². The first-order valence-electron chi connectivity index (χ1n) is 19.3. The van der Waals surface area contributed by atoms with Crippen molar-refractivity contribution in [3.8, 4) is 11.5 Å². The molecule has 0 fully saturated rings. The van der Waals surface area contributed by atoms with Gasteiger partial charge < -0.3 is 38.8 Å². The summed E-state index contributed by atoms with van der Waals surface area (Å²) in [4.78, 5) is 0.184. The molecular formula is C41H64N2O9SSi2. The van der Waals surface area contributed by atoms with E-state index in [2.05, 4.69) is 44.6 Å². The molecular weight excluding hydrogens is 753 g/mol. The Balaban J connectivity index is 1.17. The summed E-state index contributed by atoms with van der Waals surface area (Å²) in [5.74, 6) is 0.892. The Morgan fingerprint density at radius 1 is 0.836 bits per heavy atom. The maximum Gasteiger partial charge on any atom is 0.247 e. The summed E-state index contributed by atoms with van der Waals surface area (Å²) in [5, 5.41) is 14.1. The van der Waals surface area contributed by atoms with Crippen molar-refractivity contribution in [3.05, 3.63) is 89.0 Å². The molecule has 0 unspecified atom stereocenters. The van der Waals surface area contributed by atoms with Crippen LogP contribution < -0.4 is 14.8 Å². The first kappa shape index (κ1) is 45.1. The molecule has 0 saturated carbocycles. The minimum atomic E-state index is -3.86. The Bertz CT molecular complexity index is 1710. The van der Waals surface area contributed by atoms with E-state index in [-0.39, 0.29) is 25.0 Å². The first-order chi connectivity index (χ1) is 25.9. The molecule has 14 heteroatoms. The van der Waals surface area contributed by atoms with Crippen LogP contribution in [0.1, 0.15) is 42.2 Å². The predicted octanol–water partition coefficient (Wildman–Crippen LogP) is 7.41. The molecule has 55 heavy (non-hydrogen) atoms. The van der Waals surface area contributed by atoms with Crippen molar-refractivity contribution >= 4 is 26.2 Å².